The summed E-state index contributed by atoms with van der Waals surface area (Å²) in [6.45, 7) is 8.15. The van der Waals surface area contributed by atoms with Crippen molar-refractivity contribution in [1.82, 2.24) is 4.90 Å². The maximum atomic E-state index is 13.9. The molecule has 0 bridgehead atoms. The first kappa shape index (κ1) is 23.7. The van der Waals surface area contributed by atoms with Gasteiger partial charge in [0, 0.05) is 30.8 Å². The van der Waals surface area contributed by atoms with Gasteiger partial charge in [-0.1, -0.05) is 43.1 Å². The van der Waals surface area contributed by atoms with Crippen LogP contribution in [0.1, 0.15) is 43.1 Å². The van der Waals surface area contributed by atoms with Crippen LogP contribution in [-0.2, 0) is 0 Å². The van der Waals surface area contributed by atoms with Gasteiger partial charge in [0.1, 0.15) is 35.8 Å². The molecule has 3 aromatic carbocycles. The Morgan fingerprint density at radius 1 is 1.09 bits per heavy atom. The molecule has 182 valence electrons. The summed E-state index contributed by atoms with van der Waals surface area (Å²) in [5, 5.41) is 10.1. The average Bonchev–Trinajstić information content (AvgIpc) is 2.83. The van der Waals surface area contributed by atoms with Crippen molar-refractivity contribution in [1.29, 1.82) is 0 Å². The lowest BCUT2D eigenvalue weighted by Gasteiger charge is -2.38. The first-order valence-corrected chi connectivity index (χ1v) is 12.4. The van der Waals surface area contributed by atoms with Gasteiger partial charge in [0.15, 0.2) is 0 Å². The maximum absolute atomic E-state index is 13.9. The smallest absolute Gasteiger partial charge is 0.150 e. The van der Waals surface area contributed by atoms with Crippen LogP contribution in [-0.4, -0.2) is 36.2 Å². The van der Waals surface area contributed by atoms with E-state index >= 15 is 0 Å². The number of phenols is 1. The number of rotatable bonds is 7. The summed E-state index contributed by atoms with van der Waals surface area (Å²) in [5.41, 5.74) is 4.33. The molecule has 1 fully saturated rings. The van der Waals surface area contributed by atoms with E-state index in [9.17, 15) is 9.50 Å². The summed E-state index contributed by atoms with van der Waals surface area (Å²) in [4.78, 5) is 2.42. The monoisotopic (exact) mass is 493 g/mol. The zero-order valence-electron chi connectivity index (χ0n) is 19.9. The number of ether oxygens (including phenoxy) is 2. The Bertz CT molecular complexity index is 1250. The summed E-state index contributed by atoms with van der Waals surface area (Å²) in [7, 11) is 0. The highest BCUT2D eigenvalue weighted by Crippen LogP contribution is 2.47. The number of hydrogen-bond acceptors (Lipinski definition) is 4. The minimum Gasteiger partial charge on any atom is -0.508 e. The molecular weight excluding hydrogens is 465 g/mol. The molecule has 2 aliphatic heterocycles. The van der Waals surface area contributed by atoms with E-state index in [1.54, 1.807) is 30.3 Å². The Balaban J connectivity index is 1.40. The summed E-state index contributed by atoms with van der Waals surface area (Å²) < 4.78 is 26.3. The van der Waals surface area contributed by atoms with E-state index in [2.05, 4.69) is 11.8 Å². The number of nitrogens with zero attached hydrogens (tertiary/aromatic N) is 1. The fraction of sp³-hybridized carbons (Fsp3) is 0.310. The second-order valence-electron chi connectivity index (χ2n) is 9.30. The molecule has 2 heterocycles. The topological polar surface area (TPSA) is 41.9 Å². The SMILES string of the molecule is CCC1CN(CCOc2ccc([C@@H]3Oc4ccc(O)cc4C(C)=C3c3ccc(F)c(Cl)c3)cc2)C1. The molecule has 35 heavy (non-hydrogen) atoms. The Morgan fingerprint density at radius 3 is 2.57 bits per heavy atom. The van der Waals surface area contributed by atoms with Crippen LogP contribution in [0.2, 0.25) is 5.02 Å². The normalized spacial score (nSPS) is 18.1. The van der Waals surface area contributed by atoms with Crippen molar-refractivity contribution in [3.8, 4) is 17.2 Å². The van der Waals surface area contributed by atoms with Gasteiger partial charge in [-0.2, -0.15) is 0 Å². The predicted molar refractivity (Wildman–Crippen MR) is 138 cm³/mol. The maximum Gasteiger partial charge on any atom is 0.150 e. The second kappa shape index (κ2) is 9.92. The van der Waals surface area contributed by atoms with Crippen molar-refractivity contribution in [2.45, 2.75) is 26.4 Å². The third-order valence-corrected chi connectivity index (χ3v) is 7.27. The summed E-state index contributed by atoms with van der Waals surface area (Å²) >= 11 is 6.12. The van der Waals surface area contributed by atoms with Gasteiger partial charge in [0.2, 0.25) is 0 Å². The lowest BCUT2D eigenvalue weighted by atomic mass is 9.86. The van der Waals surface area contributed by atoms with E-state index in [0.29, 0.717) is 12.4 Å². The molecule has 0 aromatic heterocycles. The molecule has 0 aliphatic carbocycles. The number of fused-ring (bicyclic) bond motifs is 1. The van der Waals surface area contributed by atoms with E-state index in [1.165, 1.54) is 25.6 Å². The first-order chi connectivity index (χ1) is 16.9. The fourth-order valence-electron chi connectivity index (χ4n) is 4.86. The second-order valence-corrected chi connectivity index (χ2v) is 9.70. The van der Waals surface area contributed by atoms with Crippen molar-refractivity contribution in [2.24, 2.45) is 5.92 Å². The molecule has 4 nitrogen and oxygen atoms in total. The van der Waals surface area contributed by atoms with Crippen molar-refractivity contribution in [3.63, 3.8) is 0 Å². The van der Waals surface area contributed by atoms with E-state index in [4.69, 9.17) is 21.1 Å². The summed E-state index contributed by atoms with van der Waals surface area (Å²) in [6, 6.07) is 17.7. The molecule has 6 heteroatoms. The van der Waals surface area contributed by atoms with Crippen LogP contribution in [0.15, 0.2) is 60.7 Å². The lowest BCUT2D eigenvalue weighted by molar-refractivity contribution is 0.0806. The number of likely N-dealkylation sites (tertiary alicyclic amines) is 1. The molecule has 1 N–H and O–H groups in total. The fourth-order valence-corrected chi connectivity index (χ4v) is 5.04. The molecule has 0 radical (unpaired) electrons. The zero-order valence-corrected chi connectivity index (χ0v) is 20.7. The Morgan fingerprint density at radius 2 is 1.86 bits per heavy atom. The Labute approximate surface area is 210 Å². The van der Waals surface area contributed by atoms with Crippen molar-refractivity contribution in [2.75, 3.05) is 26.2 Å². The molecule has 0 amide bonds. The van der Waals surface area contributed by atoms with Gasteiger partial charge in [-0.25, -0.2) is 4.39 Å². The van der Waals surface area contributed by atoms with Gasteiger partial charge >= 0.3 is 0 Å². The summed E-state index contributed by atoms with van der Waals surface area (Å²) in [6.07, 6.45) is 0.822. The van der Waals surface area contributed by atoms with Crippen molar-refractivity contribution in [3.05, 3.63) is 88.2 Å². The van der Waals surface area contributed by atoms with E-state index < -0.39 is 11.9 Å². The van der Waals surface area contributed by atoms with Crippen molar-refractivity contribution < 1.29 is 19.0 Å². The number of allylic oxidation sites excluding steroid dienone is 1. The number of aromatic hydroxyl groups is 1. The van der Waals surface area contributed by atoms with Crippen LogP contribution < -0.4 is 9.47 Å². The average molecular weight is 494 g/mol. The molecule has 0 saturated carbocycles. The van der Waals surface area contributed by atoms with Crippen LogP contribution in [0.4, 0.5) is 4.39 Å². The van der Waals surface area contributed by atoms with Crippen LogP contribution >= 0.6 is 11.6 Å². The number of hydrogen-bond donors (Lipinski definition) is 1. The third kappa shape index (κ3) is 4.89. The van der Waals surface area contributed by atoms with Gasteiger partial charge in [0.25, 0.3) is 0 Å². The zero-order chi connectivity index (χ0) is 24.5. The molecule has 0 spiro atoms. The number of phenolic OH excluding ortho intramolecular Hbond substituents is 1. The quantitative estimate of drug-likeness (QED) is 0.386. The molecule has 5 rings (SSSR count). The van der Waals surface area contributed by atoms with E-state index in [0.717, 1.165) is 46.0 Å². The van der Waals surface area contributed by atoms with E-state index in [-0.39, 0.29) is 10.8 Å². The van der Waals surface area contributed by atoms with Gasteiger partial charge in [-0.05, 0) is 72.0 Å². The first-order valence-electron chi connectivity index (χ1n) is 12.0. The van der Waals surface area contributed by atoms with Crippen LogP contribution in [0.3, 0.4) is 0 Å². The van der Waals surface area contributed by atoms with Crippen LogP contribution in [0, 0.1) is 11.7 Å². The Kier molecular flexibility index (Phi) is 6.72. The predicted octanol–water partition coefficient (Wildman–Crippen LogP) is 6.97. The van der Waals surface area contributed by atoms with E-state index in [1.807, 2.05) is 31.2 Å². The highest BCUT2D eigenvalue weighted by Gasteiger charge is 2.30. The minimum absolute atomic E-state index is 0.0551. The number of benzene rings is 3. The van der Waals surface area contributed by atoms with Gasteiger partial charge in [0.05, 0.1) is 5.02 Å². The van der Waals surface area contributed by atoms with Gasteiger partial charge < -0.3 is 14.6 Å². The molecular formula is C29H29ClFNO3. The Hall–Kier alpha value is -3.02. The van der Waals surface area contributed by atoms with Crippen molar-refractivity contribution >= 4 is 22.7 Å². The largest absolute Gasteiger partial charge is 0.508 e. The van der Waals surface area contributed by atoms with Gasteiger partial charge in [-0.15, -0.1) is 0 Å². The lowest BCUT2D eigenvalue weighted by Crippen LogP contribution is -2.47. The highest BCUT2D eigenvalue weighted by atomic mass is 35.5. The summed E-state index contributed by atoms with van der Waals surface area (Å²) in [5.74, 6) is 2.02. The molecule has 0 unspecified atom stereocenters. The van der Waals surface area contributed by atoms with Crippen LogP contribution in [0.25, 0.3) is 11.1 Å². The number of halogens is 2. The third-order valence-electron chi connectivity index (χ3n) is 6.98. The molecule has 1 saturated heterocycles. The molecule has 2 aliphatic rings. The highest BCUT2D eigenvalue weighted by molar-refractivity contribution is 6.31. The molecule has 1 atom stereocenters. The minimum atomic E-state index is -0.468. The standard InChI is InChI=1S/C29H29ClFNO3/c1-3-19-16-32(17-19)12-13-34-23-8-4-20(5-9-23)29-28(21-6-10-26(31)25(30)14-21)18(2)24-15-22(33)7-11-27(24)35-29/h4-11,14-15,19,29,33H,3,12-13,16-17H2,1-2H3/t29-/m0/s1. The molecule has 3 aromatic rings. The van der Waals surface area contributed by atoms with Gasteiger partial charge in [-0.3, -0.25) is 4.90 Å². The van der Waals surface area contributed by atoms with Crippen LogP contribution in [0.5, 0.6) is 17.2 Å².